The summed E-state index contributed by atoms with van der Waals surface area (Å²) in [6.07, 6.45) is 4.19. The molecule has 3 aromatic rings. The number of carbonyl (C=O) groups is 1. The number of benzene rings is 2. The van der Waals surface area contributed by atoms with Gasteiger partial charge in [-0.2, -0.15) is 0 Å². The van der Waals surface area contributed by atoms with Crippen LogP contribution in [0.3, 0.4) is 0 Å². The minimum atomic E-state index is -0.530. The molecule has 1 aliphatic carbocycles. The molecule has 31 heavy (non-hydrogen) atoms. The second-order valence-electron chi connectivity index (χ2n) is 7.95. The lowest BCUT2D eigenvalue weighted by Gasteiger charge is -2.27. The molecule has 0 radical (unpaired) electrons. The molecule has 164 valence electrons. The summed E-state index contributed by atoms with van der Waals surface area (Å²) in [5, 5.41) is 6.35. The van der Waals surface area contributed by atoms with Gasteiger partial charge in [-0.05, 0) is 49.8 Å². The summed E-state index contributed by atoms with van der Waals surface area (Å²) in [6, 6.07) is 5.90. The minimum Gasteiger partial charge on any atom is -0.496 e. The molecule has 0 unspecified atom stereocenters. The van der Waals surface area contributed by atoms with Gasteiger partial charge in [0.05, 0.1) is 39.4 Å². The van der Waals surface area contributed by atoms with Gasteiger partial charge in [-0.1, -0.05) is 30.1 Å². The SMILES string of the molecule is COc1cc2[nH]c(Nc3c(Cl)cc(F)cc3Cl)nc2cc1C(=O)N[C@H]1CC[C@H](C)CC1. The first-order chi connectivity index (χ1) is 14.8. The van der Waals surface area contributed by atoms with Crippen LogP contribution in [0.2, 0.25) is 10.0 Å². The van der Waals surface area contributed by atoms with Crippen LogP contribution in [0.15, 0.2) is 24.3 Å². The standard InChI is InChI=1S/C22H23Cl2FN4O2/c1-11-3-5-13(6-4-11)26-21(30)14-9-17-18(10-19(14)31-2)28-22(27-17)29-20-15(23)7-12(25)8-16(20)24/h7-11,13H,3-6H2,1-2H3,(H,26,30)(H2,27,28,29)/t11-,13-. The number of H-pyrrole nitrogens is 1. The number of nitrogens with one attached hydrogen (secondary N) is 3. The Bertz CT molecular complexity index is 1100. The number of aromatic amines is 1. The Morgan fingerprint density at radius 2 is 1.84 bits per heavy atom. The first-order valence-corrected chi connectivity index (χ1v) is 10.9. The maximum absolute atomic E-state index is 13.4. The van der Waals surface area contributed by atoms with Crippen molar-refractivity contribution in [2.75, 3.05) is 12.4 Å². The number of rotatable bonds is 5. The third-order valence-corrected chi connectivity index (χ3v) is 6.25. The third kappa shape index (κ3) is 4.72. The summed E-state index contributed by atoms with van der Waals surface area (Å²) in [5.74, 6) is 0.795. The van der Waals surface area contributed by atoms with Crippen LogP contribution in [0, 0.1) is 11.7 Å². The summed E-state index contributed by atoms with van der Waals surface area (Å²) in [7, 11) is 1.52. The maximum atomic E-state index is 13.4. The van der Waals surface area contributed by atoms with E-state index < -0.39 is 5.82 Å². The summed E-state index contributed by atoms with van der Waals surface area (Å²) in [4.78, 5) is 20.5. The molecule has 1 amide bonds. The van der Waals surface area contributed by atoms with Gasteiger partial charge in [0, 0.05) is 12.1 Å². The van der Waals surface area contributed by atoms with Gasteiger partial charge in [-0.25, -0.2) is 9.37 Å². The number of hydrogen-bond donors (Lipinski definition) is 3. The van der Waals surface area contributed by atoms with E-state index in [-0.39, 0.29) is 22.0 Å². The van der Waals surface area contributed by atoms with Crippen LogP contribution in [0.1, 0.15) is 43.0 Å². The number of imidazole rings is 1. The predicted molar refractivity (Wildman–Crippen MR) is 121 cm³/mol. The zero-order valence-corrected chi connectivity index (χ0v) is 18.7. The van der Waals surface area contributed by atoms with Crippen LogP contribution in [0.25, 0.3) is 11.0 Å². The number of methoxy groups -OCH3 is 1. The molecule has 3 N–H and O–H groups in total. The van der Waals surface area contributed by atoms with E-state index in [4.69, 9.17) is 27.9 Å². The molecule has 6 nitrogen and oxygen atoms in total. The van der Waals surface area contributed by atoms with Crippen molar-refractivity contribution >= 4 is 51.8 Å². The number of anilines is 2. The zero-order chi connectivity index (χ0) is 22.1. The fourth-order valence-electron chi connectivity index (χ4n) is 3.89. The second-order valence-corrected chi connectivity index (χ2v) is 8.77. The molecule has 0 atom stereocenters. The molecule has 0 spiro atoms. The lowest BCUT2D eigenvalue weighted by molar-refractivity contribution is 0.0920. The molecular weight excluding hydrogens is 442 g/mol. The molecule has 1 aliphatic rings. The largest absolute Gasteiger partial charge is 0.496 e. The highest BCUT2D eigenvalue weighted by atomic mass is 35.5. The third-order valence-electron chi connectivity index (χ3n) is 5.65. The van der Waals surface area contributed by atoms with E-state index in [1.54, 1.807) is 12.1 Å². The molecule has 0 bridgehead atoms. The average molecular weight is 465 g/mol. The molecule has 0 aliphatic heterocycles. The average Bonchev–Trinajstić information content (AvgIpc) is 3.12. The Morgan fingerprint density at radius 3 is 2.48 bits per heavy atom. The summed E-state index contributed by atoms with van der Waals surface area (Å²) in [6.45, 7) is 2.24. The number of amides is 1. The van der Waals surface area contributed by atoms with Crippen LogP contribution in [0.4, 0.5) is 16.0 Å². The highest BCUT2D eigenvalue weighted by Gasteiger charge is 2.23. The topological polar surface area (TPSA) is 79.0 Å². The van der Waals surface area contributed by atoms with Gasteiger partial charge in [0.1, 0.15) is 11.6 Å². The lowest BCUT2D eigenvalue weighted by atomic mass is 9.87. The fraction of sp³-hybridized carbons (Fsp3) is 0.364. The molecule has 1 fully saturated rings. The Kier molecular flexibility index (Phi) is 6.25. The summed E-state index contributed by atoms with van der Waals surface area (Å²) < 4.78 is 18.9. The van der Waals surface area contributed by atoms with Crippen molar-refractivity contribution in [3.05, 3.63) is 45.7 Å². The first kappa shape index (κ1) is 21.7. The fourth-order valence-corrected chi connectivity index (χ4v) is 4.45. The van der Waals surface area contributed by atoms with Crippen LogP contribution in [-0.2, 0) is 0 Å². The van der Waals surface area contributed by atoms with E-state index in [9.17, 15) is 9.18 Å². The monoisotopic (exact) mass is 464 g/mol. The van der Waals surface area contributed by atoms with E-state index in [0.29, 0.717) is 39.9 Å². The van der Waals surface area contributed by atoms with E-state index in [1.807, 2.05) is 0 Å². The van der Waals surface area contributed by atoms with Crippen molar-refractivity contribution in [1.29, 1.82) is 0 Å². The van der Waals surface area contributed by atoms with Crippen LogP contribution in [-0.4, -0.2) is 29.0 Å². The molecule has 1 saturated carbocycles. The van der Waals surface area contributed by atoms with Gasteiger partial charge < -0.3 is 20.4 Å². The lowest BCUT2D eigenvalue weighted by Crippen LogP contribution is -2.37. The van der Waals surface area contributed by atoms with Crippen molar-refractivity contribution in [3.8, 4) is 5.75 Å². The maximum Gasteiger partial charge on any atom is 0.255 e. The number of carbonyl (C=O) groups excluding carboxylic acids is 1. The van der Waals surface area contributed by atoms with Gasteiger partial charge >= 0.3 is 0 Å². The van der Waals surface area contributed by atoms with Gasteiger partial charge in [0.15, 0.2) is 0 Å². The molecule has 4 rings (SSSR count). The molecule has 1 heterocycles. The van der Waals surface area contributed by atoms with Crippen LogP contribution < -0.4 is 15.4 Å². The molecule has 2 aromatic carbocycles. The van der Waals surface area contributed by atoms with E-state index in [0.717, 1.165) is 37.8 Å². The zero-order valence-electron chi connectivity index (χ0n) is 17.2. The number of fused-ring (bicyclic) bond motifs is 1. The highest BCUT2D eigenvalue weighted by Crippen LogP contribution is 2.34. The number of aromatic nitrogens is 2. The van der Waals surface area contributed by atoms with Gasteiger partial charge in [-0.15, -0.1) is 0 Å². The molecule has 9 heteroatoms. The second kappa shape index (κ2) is 8.93. The van der Waals surface area contributed by atoms with Crippen molar-refractivity contribution < 1.29 is 13.9 Å². The van der Waals surface area contributed by atoms with Crippen LogP contribution in [0.5, 0.6) is 5.75 Å². The highest BCUT2D eigenvalue weighted by molar-refractivity contribution is 6.39. The number of ether oxygens (including phenoxy) is 1. The smallest absolute Gasteiger partial charge is 0.255 e. The van der Waals surface area contributed by atoms with E-state index >= 15 is 0 Å². The van der Waals surface area contributed by atoms with Gasteiger partial charge in [-0.3, -0.25) is 4.79 Å². The predicted octanol–water partition coefficient (Wildman–Crippen LogP) is 6.07. The molecule has 0 saturated heterocycles. The Morgan fingerprint density at radius 1 is 1.16 bits per heavy atom. The molecular formula is C22H23Cl2FN4O2. The number of hydrogen-bond acceptors (Lipinski definition) is 4. The number of nitrogens with zero attached hydrogens (tertiary/aromatic N) is 1. The van der Waals surface area contributed by atoms with Crippen molar-refractivity contribution in [3.63, 3.8) is 0 Å². The summed E-state index contributed by atoms with van der Waals surface area (Å²) in [5.41, 5.74) is 1.99. The Balaban J connectivity index is 1.59. The summed E-state index contributed by atoms with van der Waals surface area (Å²) >= 11 is 12.2. The number of halogens is 3. The van der Waals surface area contributed by atoms with Crippen molar-refractivity contribution in [2.45, 2.75) is 38.6 Å². The molecule has 1 aromatic heterocycles. The quantitative estimate of drug-likeness (QED) is 0.428. The Hall–Kier alpha value is -2.51. The van der Waals surface area contributed by atoms with Gasteiger partial charge in [0.2, 0.25) is 5.95 Å². The minimum absolute atomic E-state index is 0.130. The van der Waals surface area contributed by atoms with Crippen LogP contribution >= 0.6 is 23.2 Å². The van der Waals surface area contributed by atoms with Crippen molar-refractivity contribution in [2.24, 2.45) is 5.92 Å². The van der Waals surface area contributed by atoms with E-state index in [1.165, 1.54) is 7.11 Å². The van der Waals surface area contributed by atoms with Crippen molar-refractivity contribution in [1.82, 2.24) is 15.3 Å². The normalized spacial score (nSPS) is 18.7. The first-order valence-electron chi connectivity index (χ1n) is 10.1. The van der Waals surface area contributed by atoms with E-state index in [2.05, 4.69) is 27.5 Å². The Labute approximate surface area is 189 Å². The van der Waals surface area contributed by atoms with Gasteiger partial charge in [0.25, 0.3) is 5.91 Å².